The molecule has 98 valence electrons. The molecular formula is C13H18BrN3O. The van der Waals surface area contributed by atoms with E-state index in [4.69, 9.17) is 0 Å². The standard InChI is InChI=1S/C13H18BrN3O/c1-2-16-6-8-17(9-7-16)13(18)15-12-5-3-4-11(14)10-12/h3-5,10H,2,6-9H2,1H3,(H,15,18). The van der Waals surface area contributed by atoms with Crippen LogP contribution >= 0.6 is 15.9 Å². The summed E-state index contributed by atoms with van der Waals surface area (Å²) >= 11 is 3.39. The molecule has 2 amide bonds. The van der Waals surface area contributed by atoms with Gasteiger partial charge in [-0.05, 0) is 24.7 Å². The Morgan fingerprint density at radius 1 is 1.33 bits per heavy atom. The molecule has 1 fully saturated rings. The van der Waals surface area contributed by atoms with E-state index in [1.165, 1.54) is 0 Å². The third-order valence-electron chi connectivity index (χ3n) is 3.18. The van der Waals surface area contributed by atoms with E-state index < -0.39 is 0 Å². The number of rotatable bonds is 2. The van der Waals surface area contributed by atoms with Crippen LogP contribution in [0.2, 0.25) is 0 Å². The number of carbonyl (C=O) groups is 1. The number of benzene rings is 1. The first kappa shape index (κ1) is 13.4. The van der Waals surface area contributed by atoms with E-state index in [1.54, 1.807) is 0 Å². The summed E-state index contributed by atoms with van der Waals surface area (Å²) in [5.41, 5.74) is 0.826. The van der Waals surface area contributed by atoms with Gasteiger partial charge in [0, 0.05) is 36.3 Å². The highest BCUT2D eigenvalue weighted by Gasteiger charge is 2.19. The average Bonchev–Trinajstić information content (AvgIpc) is 2.39. The zero-order valence-electron chi connectivity index (χ0n) is 10.5. The number of nitrogens with one attached hydrogen (secondary N) is 1. The second kappa shape index (κ2) is 6.20. The lowest BCUT2D eigenvalue weighted by molar-refractivity contribution is 0.151. The van der Waals surface area contributed by atoms with E-state index in [0.717, 1.165) is 42.9 Å². The first-order chi connectivity index (χ1) is 8.69. The second-order valence-electron chi connectivity index (χ2n) is 4.36. The van der Waals surface area contributed by atoms with Crippen molar-refractivity contribution in [3.8, 4) is 0 Å². The molecule has 1 aromatic carbocycles. The van der Waals surface area contributed by atoms with Crippen molar-refractivity contribution in [3.05, 3.63) is 28.7 Å². The van der Waals surface area contributed by atoms with Gasteiger partial charge in [0.1, 0.15) is 0 Å². The molecule has 0 aliphatic carbocycles. The van der Waals surface area contributed by atoms with Crippen LogP contribution in [0.3, 0.4) is 0 Å². The molecule has 0 unspecified atom stereocenters. The van der Waals surface area contributed by atoms with Gasteiger partial charge in [-0.2, -0.15) is 0 Å². The molecule has 0 saturated carbocycles. The largest absolute Gasteiger partial charge is 0.322 e. The molecule has 1 aliphatic heterocycles. The molecule has 4 nitrogen and oxygen atoms in total. The highest BCUT2D eigenvalue weighted by Crippen LogP contribution is 2.16. The van der Waals surface area contributed by atoms with Gasteiger partial charge in [0.05, 0.1) is 0 Å². The van der Waals surface area contributed by atoms with E-state index in [0.29, 0.717) is 0 Å². The van der Waals surface area contributed by atoms with Crippen molar-refractivity contribution in [3.63, 3.8) is 0 Å². The molecule has 1 heterocycles. The van der Waals surface area contributed by atoms with Crippen molar-refractivity contribution >= 4 is 27.6 Å². The van der Waals surface area contributed by atoms with Crippen molar-refractivity contribution in [2.45, 2.75) is 6.92 Å². The predicted octanol–water partition coefficient (Wildman–Crippen LogP) is 2.62. The molecule has 0 radical (unpaired) electrons. The molecule has 1 N–H and O–H groups in total. The van der Waals surface area contributed by atoms with Gasteiger partial charge in [-0.3, -0.25) is 0 Å². The summed E-state index contributed by atoms with van der Waals surface area (Å²) in [6.07, 6.45) is 0. The van der Waals surface area contributed by atoms with Crippen molar-refractivity contribution in [2.75, 3.05) is 38.0 Å². The summed E-state index contributed by atoms with van der Waals surface area (Å²) in [7, 11) is 0. The number of hydrogen-bond donors (Lipinski definition) is 1. The van der Waals surface area contributed by atoms with Crippen LogP contribution < -0.4 is 5.32 Å². The second-order valence-corrected chi connectivity index (χ2v) is 5.28. The van der Waals surface area contributed by atoms with Gasteiger partial charge in [0.15, 0.2) is 0 Å². The fourth-order valence-electron chi connectivity index (χ4n) is 2.04. The van der Waals surface area contributed by atoms with Crippen LogP contribution in [0, 0.1) is 0 Å². The third-order valence-corrected chi connectivity index (χ3v) is 3.68. The number of anilines is 1. The summed E-state index contributed by atoms with van der Waals surface area (Å²) in [4.78, 5) is 16.3. The minimum absolute atomic E-state index is 0.0103. The zero-order chi connectivity index (χ0) is 13.0. The first-order valence-electron chi connectivity index (χ1n) is 6.23. The van der Waals surface area contributed by atoms with Gasteiger partial charge in [-0.25, -0.2) is 4.79 Å². The predicted molar refractivity (Wildman–Crippen MR) is 76.8 cm³/mol. The van der Waals surface area contributed by atoms with E-state index >= 15 is 0 Å². The Balaban J connectivity index is 1.89. The van der Waals surface area contributed by atoms with E-state index in [1.807, 2.05) is 29.2 Å². The highest BCUT2D eigenvalue weighted by atomic mass is 79.9. The maximum Gasteiger partial charge on any atom is 0.321 e. The summed E-state index contributed by atoms with van der Waals surface area (Å²) in [5.74, 6) is 0. The highest BCUT2D eigenvalue weighted by molar-refractivity contribution is 9.10. The Bertz CT molecular complexity index is 416. The van der Waals surface area contributed by atoms with Crippen LogP contribution in [0.4, 0.5) is 10.5 Å². The minimum Gasteiger partial charge on any atom is -0.322 e. The number of nitrogens with zero attached hydrogens (tertiary/aromatic N) is 2. The number of urea groups is 1. The van der Waals surface area contributed by atoms with Crippen LogP contribution in [-0.2, 0) is 0 Å². The SMILES string of the molecule is CCN1CCN(C(=O)Nc2cccc(Br)c2)CC1. The monoisotopic (exact) mass is 311 g/mol. The van der Waals surface area contributed by atoms with Gasteiger partial charge >= 0.3 is 6.03 Å². The molecule has 5 heteroatoms. The molecule has 18 heavy (non-hydrogen) atoms. The van der Waals surface area contributed by atoms with E-state index in [9.17, 15) is 4.79 Å². The molecule has 0 bridgehead atoms. The Labute approximate surface area is 116 Å². The molecule has 2 rings (SSSR count). The summed E-state index contributed by atoms with van der Waals surface area (Å²) < 4.78 is 0.969. The topological polar surface area (TPSA) is 35.6 Å². The van der Waals surface area contributed by atoms with Crippen LogP contribution in [0.5, 0.6) is 0 Å². The fraction of sp³-hybridized carbons (Fsp3) is 0.462. The number of amides is 2. The van der Waals surface area contributed by atoms with E-state index in [2.05, 4.69) is 33.1 Å². The third kappa shape index (κ3) is 3.46. The lowest BCUT2D eigenvalue weighted by Gasteiger charge is -2.33. The van der Waals surface area contributed by atoms with Crippen LogP contribution in [0.1, 0.15) is 6.92 Å². The number of halogens is 1. The summed E-state index contributed by atoms with van der Waals surface area (Å²) in [6, 6.07) is 7.64. The van der Waals surface area contributed by atoms with Gasteiger partial charge in [-0.15, -0.1) is 0 Å². The van der Waals surface area contributed by atoms with Gasteiger partial charge in [0.25, 0.3) is 0 Å². The Morgan fingerprint density at radius 2 is 2.06 bits per heavy atom. The van der Waals surface area contributed by atoms with Crippen molar-refractivity contribution in [1.82, 2.24) is 9.80 Å². The molecular weight excluding hydrogens is 294 g/mol. The normalized spacial score (nSPS) is 16.7. The van der Waals surface area contributed by atoms with Gasteiger partial charge in [-0.1, -0.05) is 28.9 Å². The summed E-state index contributed by atoms with van der Waals surface area (Å²) in [6.45, 7) is 6.73. The molecule has 0 spiro atoms. The van der Waals surface area contributed by atoms with Crippen LogP contribution in [0.25, 0.3) is 0 Å². The van der Waals surface area contributed by atoms with Gasteiger partial charge in [0.2, 0.25) is 0 Å². The number of likely N-dealkylation sites (N-methyl/N-ethyl adjacent to an activating group) is 1. The number of hydrogen-bond acceptors (Lipinski definition) is 2. The molecule has 0 atom stereocenters. The Morgan fingerprint density at radius 3 is 2.67 bits per heavy atom. The smallest absolute Gasteiger partial charge is 0.321 e. The van der Waals surface area contributed by atoms with Crippen LogP contribution in [-0.4, -0.2) is 48.6 Å². The Kier molecular flexibility index (Phi) is 4.60. The van der Waals surface area contributed by atoms with Crippen molar-refractivity contribution in [1.29, 1.82) is 0 Å². The Hall–Kier alpha value is -1.07. The average molecular weight is 312 g/mol. The lowest BCUT2D eigenvalue weighted by Crippen LogP contribution is -2.49. The molecule has 1 aromatic rings. The molecule has 1 saturated heterocycles. The first-order valence-corrected chi connectivity index (χ1v) is 7.02. The maximum atomic E-state index is 12.1. The minimum atomic E-state index is -0.0103. The van der Waals surface area contributed by atoms with E-state index in [-0.39, 0.29) is 6.03 Å². The molecule has 1 aliphatic rings. The van der Waals surface area contributed by atoms with Gasteiger partial charge < -0.3 is 15.1 Å². The van der Waals surface area contributed by atoms with Crippen molar-refractivity contribution in [2.24, 2.45) is 0 Å². The number of carbonyl (C=O) groups excluding carboxylic acids is 1. The maximum absolute atomic E-state index is 12.1. The van der Waals surface area contributed by atoms with Crippen LogP contribution in [0.15, 0.2) is 28.7 Å². The lowest BCUT2D eigenvalue weighted by atomic mass is 10.3. The molecule has 0 aromatic heterocycles. The van der Waals surface area contributed by atoms with Crippen molar-refractivity contribution < 1.29 is 4.79 Å². The quantitative estimate of drug-likeness (QED) is 0.911. The summed E-state index contributed by atoms with van der Waals surface area (Å²) in [5, 5.41) is 2.92. The fourth-order valence-corrected chi connectivity index (χ4v) is 2.44. The number of piperazine rings is 1. The zero-order valence-corrected chi connectivity index (χ0v) is 12.1.